The standard InChI is InChI=1S/C15H24N6O2/c1-10(14-16-18-19-17-14)8-20(2)15(23)11-7-13(22)21(9-11)12-5-3-4-6-12/h10-12H,3-9H2,1-2H3,(H,16,17,18,19). The van der Waals surface area contributed by atoms with Crippen molar-refractivity contribution in [1.82, 2.24) is 30.4 Å². The molecule has 3 rings (SSSR count). The van der Waals surface area contributed by atoms with Crippen LogP contribution in [-0.2, 0) is 9.59 Å². The minimum Gasteiger partial charge on any atom is -0.345 e. The Bertz CT molecular complexity index is 554. The summed E-state index contributed by atoms with van der Waals surface area (Å²) in [5.41, 5.74) is 0. The van der Waals surface area contributed by atoms with Crippen molar-refractivity contribution in [1.29, 1.82) is 0 Å². The number of likely N-dealkylation sites (tertiary alicyclic amines) is 1. The van der Waals surface area contributed by atoms with E-state index in [1.807, 2.05) is 11.8 Å². The van der Waals surface area contributed by atoms with Gasteiger partial charge in [-0.3, -0.25) is 9.59 Å². The molecule has 1 aliphatic heterocycles. The molecule has 2 aliphatic rings. The number of likely N-dealkylation sites (N-methyl/N-ethyl adjacent to an activating group) is 1. The van der Waals surface area contributed by atoms with Crippen LogP contribution in [0, 0.1) is 5.92 Å². The fraction of sp³-hybridized carbons (Fsp3) is 0.800. The first-order chi connectivity index (χ1) is 11.1. The molecule has 126 valence electrons. The van der Waals surface area contributed by atoms with Crippen molar-refractivity contribution < 1.29 is 9.59 Å². The molecule has 0 spiro atoms. The van der Waals surface area contributed by atoms with Crippen LogP contribution in [0.4, 0.5) is 0 Å². The Hall–Kier alpha value is -1.99. The third-order valence-electron chi connectivity index (χ3n) is 5.00. The van der Waals surface area contributed by atoms with Gasteiger partial charge in [0.05, 0.1) is 5.92 Å². The minimum atomic E-state index is -0.217. The van der Waals surface area contributed by atoms with Gasteiger partial charge in [0, 0.05) is 38.5 Å². The van der Waals surface area contributed by atoms with Crippen LogP contribution in [0.15, 0.2) is 0 Å². The number of carbonyl (C=O) groups is 2. The van der Waals surface area contributed by atoms with Crippen LogP contribution in [-0.4, -0.2) is 68.4 Å². The van der Waals surface area contributed by atoms with E-state index in [9.17, 15) is 9.59 Å². The predicted molar refractivity (Wildman–Crippen MR) is 82.3 cm³/mol. The van der Waals surface area contributed by atoms with Crippen molar-refractivity contribution in [3.63, 3.8) is 0 Å². The highest BCUT2D eigenvalue weighted by atomic mass is 16.2. The molecule has 2 amide bonds. The highest BCUT2D eigenvalue weighted by Crippen LogP contribution is 2.30. The van der Waals surface area contributed by atoms with Crippen LogP contribution >= 0.6 is 0 Å². The van der Waals surface area contributed by atoms with E-state index < -0.39 is 0 Å². The summed E-state index contributed by atoms with van der Waals surface area (Å²) in [6.45, 7) is 3.05. The predicted octanol–water partition coefficient (Wildman–Crippen LogP) is 0.553. The molecule has 1 aromatic heterocycles. The van der Waals surface area contributed by atoms with Crippen LogP contribution < -0.4 is 0 Å². The topological polar surface area (TPSA) is 95.1 Å². The molecule has 8 nitrogen and oxygen atoms in total. The lowest BCUT2D eigenvalue weighted by Gasteiger charge is -2.25. The number of nitrogens with zero attached hydrogens (tertiary/aromatic N) is 5. The zero-order valence-electron chi connectivity index (χ0n) is 13.7. The summed E-state index contributed by atoms with van der Waals surface area (Å²) >= 11 is 0. The van der Waals surface area contributed by atoms with Gasteiger partial charge in [-0.25, -0.2) is 0 Å². The molecule has 2 unspecified atom stereocenters. The van der Waals surface area contributed by atoms with E-state index in [1.165, 1.54) is 12.8 Å². The fourth-order valence-corrected chi connectivity index (χ4v) is 3.74. The second kappa shape index (κ2) is 6.64. The zero-order valence-corrected chi connectivity index (χ0v) is 13.7. The molecule has 0 aromatic carbocycles. The van der Waals surface area contributed by atoms with Crippen molar-refractivity contribution in [3.05, 3.63) is 5.82 Å². The number of hydrogen-bond donors (Lipinski definition) is 1. The molecular weight excluding hydrogens is 296 g/mol. The van der Waals surface area contributed by atoms with Crippen LogP contribution in [0.2, 0.25) is 0 Å². The first-order valence-corrected chi connectivity index (χ1v) is 8.34. The summed E-state index contributed by atoms with van der Waals surface area (Å²) < 4.78 is 0. The average molecular weight is 320 g/mol. The zero-order chi connectivity index (χ0) is 16.4. The Kier molecular flexibility index (Phi) is 4.58. The Balaban J connectivity index is 1.56. The summed E-state index contributed by atoms with van der Waals surface area (Å²) in [7, 11) is 1.78. The molecular formula is C15H24N6O2. The number of aromatic amines is 1. The van der Waals surface area contributed by atoms with E-state index in [1.54, 1.807) is 11.9 Å². The number of aromatic nitrogens is 4. The summed E-state index contributed by atoms with van der Waals surface area (Å²) in [6.07, 6.45) is 4.88. The van der Waals surface area contributed by atoms with E-state index in [0.717, 1.165) is 12.8 Å². The third kappa shape index (κ3) is 3.35. The number of hydrogen-bond acceptors (Lipinski definition) is 5. The molecule has 1 aromatic rings. The summed E-state index contributed by atoms with van der Waals surface area (Å²) in [4.78, 5) is 28.5. The van der Waals surface area contributed by atoms with Gasteiger partial charge in [0.2, 0.25) is 11.8 Å². The minimum absolute atomic E-state index is 0.00531. The van der Waals surface area contributed by atoms with Crippen molar-refractivity contribution in [2.24, 2.45) is 5.92 Å². The van der Waals surface area contributed by atoms with Crippen LogP contribution in [0.5, 0.6) is 0 Å². The maximum Gasteiger partial charge on any atom is 0.227 e. The Morgan fingerprint density at radius 3 is 2.83 bits per heavy atom. The maximum atomic E-state index is 12.6. The number of tetrazole rings is 1. The van der Waals surface area contributed by atoms with Gasteiger partial charge in [-0.1, -0.05) is 25.0 Å². The smallest absolute Gasteiger partial charge is 0.227 e. The first-order valence-electron chi connectivity index (χ1n) is 8.34. The van der Waals surface area contributed by atoms with Gasteiger partial charge in [-0.2, -0.15) is 5.21 Å². The van der Waals surface area contributed by atoms with Crippen molar-refractivity contribution in [2.45, 2.75) is 51.0 Å². The number of carbonyl (C=O) groups excluding carboxylic acids is 2. The molecule has 2 fully saturated rings. The lowest BCUT2D eigenvalue weighted by atomic mass is 10.1. The maximum absolute atomic E-state index is 12.6. The average Bonchev–Trinajstić information content (AvgIpc) is 3.27. The molecule has 1 aliphatic carbocycles. The lowest BCUT2D eigenvalue weighted by Crippen LogP contribution is -2.38. The second-order valence-corrected chi connectivity index (χ2v) is 6.78. The van der Waals surface area contributed by atoms with E-state index in [2.05, 4.69) is 20.6 Å². The SMILES string of the molecule is CC(CN(C)C(=O)C1CC(=O)N(C2CCCC2)C1)c1nn[nH]n1. The second-order valence-electron chi connectivity index (χ2n) is 6.78. The van der Waals surface area contributed by atoms with Gasteiger partial charge in [0.1, 0.15) is 0 Å². The quantitative estimate of drug-likeness (QED) is 0.855. The number of rotatable bonds is 5. The normalized spacial score (nSPS) is 23.5. The summed E-state index contributed by atoms with van der Waals surface area (Å²) in [6, 6.07) is 0.351. The molecule has 1 saturated carbocycles. The molecule has 1 saturated heterocycles. The molecule has 8 heteroatoms. The van der Waals surface area contributed by atoms with E-state index in [-0.39, 0.29) is 23.7 Å². The Morgan fingerprint density at radius 2 is 2.17 bits per heavy atom. The van der Waals surface area contributed by atoms with Gasteiger partial charge in [-0.05, 0) is 12.8 Å². The number of H-pyrrole nitrogens is 1. The van der Waals surface area contributed by atoms with Crippen LogP contribution in [0.25, 0.3) is 0 Å². The first kappa shape index (κ1) is 15.9. The number of nitrogens with one attached hydrogen (secondary N) is 1. The molecule has 0 radical (unpaired) electrons. The van der Waals surface area contributed by atoms with Crippen LogP contribution in [0.3, 0.4) is 0 Å². The van der Waals surface area contributed by atoms with E-state index >= 15 is 0 Å². The summed E-state index contributed by atoms with van der Waals surface area (Å²) in [5.74, 6) is 0.556. The highest BCUT2D eigenvalue weighted by Gasteiger charge is 2.39. The van der Waals surface area contributed by atoms with Gasteiger partial charge >= 0.3 is 0 Å². The van der Waals surface area contributed by atoms with Gasteiger partial charge < -0.3 is 9.80 Å². The van der Waals surface area contributed by atoms with Crippen molar-refractivity contribution in [3.8, 4) is 0 Å². The van der Waals surface area contributed by atoms with Gasteiger partial charge in [0.15, 0.2) is 5.82 Å². The summed E-state index contributed by atoms with van der Waals surface area (Å²) in [5, 5.41) is 13.9. The van der Waals surface area contributed by atoms with Crippen molar-refractivity contribution in [2.75, 3.05) is 20.1 Å². The lowest BCUT2D eigenvalue weighted by molar-refractivity contribution is -0.134. The third-order valence-corrected chi connectivity index (χ3v) is 5.00. The molecule has 2 heterocycles. The molecule has 1 N–H and O–H groups in total. The fourth-order valence-electron chi connectivity index (χ4n) is 3.74. The van der Waals surface area contributed by atoms with E-state index in [0.29, 0.717) is 31.4 Å². The number of amides is 2. The monoisotopic (exact) mass is 320 g/mol. The van der Waals surface area contributed by atoms with Crippen molar-refractivity contribution >= 4 is 11.8 Å². The molecule has 0 bridgehead atoms. The van der Waals surface area contributed by atoms with Gasteiger partial charge in [0.25, 0.3) is 0 Å². The largest absolute Gasteiger partial charge is 0.345 e. The Labute approximate surface area is 135 Å². The van der Waals surface area contributed by atoms with Gasteiger partial charge in [-0.15, -0.1) is 10.2 Å². The van der Waals surface area contributed by atoms with E-state index in [4.69, 9.17) is 0 Å². The molecule has 2 atom stereocenters. The molecule has 23 heavy (non-hydrogen) atoms. The van der Waals surface area contributed by atoms with Crippen LogP contribution in [0.1, 0.15) is 50.8 Å². The Morgan fingerprint density at radius 1 is 1.43 bits per heavy atom. The highest BCUT2D eigenvalue weighted by molar-refractivity contribution is 5.89.